The van der Waals surface area contributed by atoms with E-state index in [-0.39, 0.29) is 18.8 Å². The molecule has 3 aromatic carbocycles. The number of hydrogen-bond acceptors (Lipinski definition) is 4. The van der Waals surface area contributed by atoms with Crippen molar-refractivity contribution in [1.82, 2.24) is 0 Å². The number of ketones is 1. The summed E-state index contributed by atoms with van der Waals surface area (Å²) in [6, 6.07) is 25.4. The van der Waals surface area contributed by atoms with Gasteiger partial charge in [0.15, 0.2) is 5.78 Å². The molecule has 3 rings (SSSR count). The van der Waals surface area contributed by atoms with Gasteiger partial charge in [-0.2, -0.15) is 0 Å². The quantitative estimate of drug-likeness (QED) is 0.316. The number of ether oxygens (including phenoxy) is 1. The maximum Gasteiger partial charge on any atom is 0.316 e. The lowest BCUT2D eigenvalue weighted by Gasteiger charge is -2.15. The van der Waals surface area contributed by atoms with Crippen LogP contribution in [0.5, 0.6) is 0 Å². The number of nitrogen functional groups attached to an aromatic ring is 1. The van der Waals surface area contributed by atoms with E-state index in [9.17, 15) is 9.59 Å². The summed E-state index contributed by atoms with van der Waals surface area (Å²) in [5, 5.41) is 0. The molecule has 154 valence electrons. The molecule has 3 aromatic rings. The number of carbonyl (C=O) groups is 2. The highest BCUT2D eigenvalue weighted by Crippen LogP contribution is 2.22. The van der Waals surface area contributed by atoms with Gasteiger partial charge in [0.1, 0.15) is 5.92 Å². The monoisotopic (exact) mass is 401 g/mol. The first kappa shape index (κ1) is 21.3. The van der Waals surface area contributed by atoms with Crippen LogP contribution in [-0.4, -0.2) is 18.4 Å². The summed E-state index contributed by atoms with van der Waals surface area (Å²) in [4.78, 5) is 25.3. The molecule has 4 nitrogen and oxygen atoms in total. The Morgan fingerprint density at radius 2 is 1.43 bits per heavy atom. The molecule has 1 unspecified atom stereocenters. The van der Waals surface area contributed by atoms with Crippen molar-refractivity contribution in [2.45, 2.75) is 26.2 Å². The Morgan fingerprint density at radius 3 is 2.03 bits per heavy atom. The highest BCUT2D eigenvalue weighted by Gasteiger charge is 2.27. The molecule has 0 aromatic heterocycles. The van der Waals surface area contributed by atoms with Gasteiger partial charge in [0.2, 0.25) is 0 Å². The standard InChI is InChI=1S/C26H27NO3/c1-2-30-26(29)24(17-10-19-6-4-3-5-7-19)25(28)18-20-8-11-21(12-9-20)22-13-15-23(27)16-14-22/h3-9,11-16,24H,2,10,17-18,27H2,1H3. The summed E-state index contributed by atoms with van der Waals surface area (Å²) in [6.07, 6.45) is 1.32. The van der Waals surface area contributed by atoms with Crippen molar-refractivity contribution in [3.8, 4) is 11.1 Å². The third-order valence-electron chi connectivity index (χ3n) is 5.10. The van der Waals surface area contributed by atoms with E-state index in [0.717, 1.165) is 27.9 Å². The van der Waals surface area contributed by atoms with Crippen LogP contribution < -0.4 is 5.73 Å². The Morgan fingerprint density at radius 1 is 0.833 bits per heavy atom. The molecule has 0 aliphatic heterocycles. The zero-order valence-corrected chi connectivity index (χ0v) is 17.2. The number of anilines is 1. The number of benzene rings is 3. The van der Waals surface area contributed by atoms with Gasteiger partial charge in [0.25, 0.3) is 0 Å². The second-order valence-electron chi connectivity index (χ2n) is 7.29. The van der Waals surface area contributed by atoms with Gasteiger partial charge in [-0.05, 0) is 54.2 Å². The minimum Gasteiger partial charge on any atom is -0.465 e. The van der Waals surface area contributed by atoms with Gasteiger partial charge in [0, 0.05) is 12.1 Å². The van der Waals surface area contributed by atoms with Crippen molar-refractivity contribution in [2.75, 3.05) is 12.3 Å². The van der Waals surface area contributed by atoms with E-state index in [0.29, 0.717) is 12.8 Å². The predicted molar refractivity (Wildman–Crippen MR) is 120 cm³/mol. The summed E-state index contributed by atoms with van der Waals surface area (Å²) in [7, 11) is 0. The number of hydrogen-bond donors (Lipinski definition) is 1. The van der Waals surface area contributed by atoms with E-state index in [1.165, 1.54) is 0 Å². The van der Waals surface area contributed by atoms with Gasteiger partial charge in [-0.25, -0.2) is 0 Å². The van der Waals surface area contributed by atoms with Crippen LogP contribution in [0.4, 0.5) is 5.69 Å². The Labute approximate surface area is 177 Å². The fourth-order valence-electron chi connectivity index (χ4n) is 3.42. The largest absolute Gasteiger partial charge is 0.465 e. The Kier molecular flexibility index (Phi) is 7.39. The van der Waals surface area contributed by atoms with Crippen molar-refractivity contribution >= 4 is 17.4 Å². The maximum atomic E-state index is 12.9. The molecule has 30 heavy (non-hydrogen) atoms. The molecular formula is C26H27NO3. The van der Waals surface area contributed by atoms with Crippen molar-refractivity contribution in [2.24, 2.45) is 5.92 Å². The number of nitrogens with two attached hydrogens (primary N) is 1. The minimum absolute atomic E-state index is 0.107. The molecule has 0 spiro atoms. The van der Waals surface area contributed by atoms with Gasteiger partial charge in [-0.3, -0.25) is 9.59 Å². The highest BCUT2D eigenvalue weighted by atomic mass is 16.5. The third kappa shape index (κ3) is 5.80. The zero-order valence-electron chi connectivity index (χ0n) is 17.2. The first-order valence-corrected chi connectivity index (χ1v) is 10.2. The molecule has 4 heteroatoms. The van der Waals surface area contributed by atoms with E-state index in [1.807, 2.05) is 78.9 Å². The minimum atomic E-state index is -0.748. The fraction of sp³-hybridized carbons (Fsp3) is 0.231. The third-order valence-corrected chi connectivity index (χ3v) is 5.10. The van der Waals surface area contributed by atoms with E-state index in [4.69, 9.17) is 10.5 Å². The molecule has 0 radical (unpaired) electrons. The molecule has 1 atom stereocenters. The lowest BCUT2D eigenvalue weighted by Crippen LogP contribution is -2.28. The van der Waals surface area contributed by atoms with Crippen LogP contribution >= 0.6 is 0 Å². The number of esters is 1. The van der Waals surface area contributed by atoms with Crippen LogP contribution in [-0.2, 0) is 27.2 Å². The summed E-state index contributed by atoms with van der Waals surface area (Å²) in [5.74, 6) is -1.29. The summed E-state index contributed by atoms with van der Waals surface area (Å²) in [6.45, 7) is 2.02. The molecule has 0 saturated carbocycles. The molecular weight excluding hydrogens is 374 g/mol. The Balaban J connectivity index is 1.67. The topological polar surface area (TPSA) is 69.4 Å². The second-order valence-corrected chi connectivity index (χ2v) is 7.29. The molecule has 2 N–H and O–H groups in total. The number of carbonyl (C=O) groups excluding carboxylic acids is 2. The molecule has 0 bridgehead atoms. The average Bonchev–Trinajstić information content (AvgIpc) is 2.76. The van der Waals surface area contributed by atoms with Gasteiger partial charge in [0.05, 0.1) is 6.61 Å². The zero-order chi connectivity index (χ0) is 21.3. The highest BCUT2D eigenvalue weighted by molar-refractivity contribution is 6.00. The Hall–Kier alpha value is -3.40. The second kappa shape index (κ2) is 10.4. The van der Waals surface area contributed by atoms with Crippen molar-refractivity contribution in [1.29, 1.82) is 0 Å². The molecule has 0 fully saturated rings. The van der Waals surface area contributed by atoms with Crippen LogP contribution in [0, 0.1) is 5.92 Å². The van der Waals surface area contributed by atoms with Crippen LogP contribution in [0.15, 0.2) is 78.9 Å². The number of rotatable bonds is 9. The summed E-state index contributed by atoms with van der Waals surface area (Å²) >= 11 is 0. The van der Waals surface area contributed by atoms with Crippen LogP contribution in [0.3, 0.4) is 0 Å². The summed E-state index contributed by atoms with van der Waals surface area (Å²) in [5.41, 5.74) is 10.6. The molecule has 0 saturated heterocycles. The van der Waals surface area contributed by atoms with Crippen molar-refractivity contribution in [3.05, 3.63) is 90.0 Å². The molecule has 0 aliphatic rings. The normalized spacial score (nSPS) is 11.6. The van der Waals surface area contributed by atoms with E-state index in [2.05, 4.69) is 0 Å². The average molecular weight is 402 g/mol. The SMILES string of the molecule is CCOC(=O)C(CCc1ccccc1)C(=O)Cc1ccc(-c2ccc(N)cc2)cc1. The maximum absolute atomic E-state index is 12.9. The number of Topliss-reactive ketones (excluding diaryl/α,β-unsaturated/α-hetero) is 1. The molecule has 0 amide bonds. The lowest BCUT2D eigenvalue weighted by atomic mass is 9.91. The van der Waals surface area contributed by atoms with Crippen LogP contribution in [0.25, 0.3) is 11.1 Å². The predicted octanol–water partition coefficient (Wildman–Crippen LogP) is 4.86. The van der Waals surface area contributed by atoms with Gasteiger partial charge >= 0.3 is 5.97 Å². The van der Waals surface area contributed by atoms with Gasteiger partial charge < -0.3 is 10.5 Å². The number of aryl methyl sites for hydroxylation is 1. The van der Waals surface area contributed by atoms with Crippen molar-refractivity contribution < 1.29 is 14.3 Å². The van der Waals surface area contributed by atoms with E-state index >= 15 is 0 Å². The van der Waals surface area contributed by atoms with E-state index in [1.54, 1.807) is 6.92 Å². The molecule has 0 aliphatic carbocycles. The molecule has 0 heterocycles. The van der Waals surface area contributed by atoms with Gasteiger partial charge in [-0.1, -0.05) is 66.7 Å². The van der Waals surface area contributed by atoms with Crippen LogP contribution in [0.1, 0.15) is 24.5 Å². The van der Waals surface area contributed by atoms with Crippen LogP contribution in [0.2, 0.25) is 0 Å². The van der Waals surface area contributed by atoms with Crippen molar-refractivity contribution in [3.63, 3.8) is 0 Å². The fourth-order valence-corrected chi connectivity index (χ4v) is 3.42. The van der Waals surface area contributed by atoms with Gasteiger partial charge in [-0.15, -0.1) is 0 Å². The Bertz CT molecular complexity index is 963. The smallest absolute Gasteiger partial charge is 0.316 e. The van der Waals surface area contributed by atoms with E-state index < -0.39 is 11.9 Å². The summed E-state index contributed by atoms with van der Waals surface area (Å²) < 4.78 is 5.17. The first-order valence-electron chi connectivity index (χ1n) is 10.2. The lowest BCUT2D eigenvalue weighted by molar-refractivity contribution is -0.151. The first-order chi connectivity index (χ1) is 14.6.